The Hall–Kier alpha value is -3.02. The largest absolute Gasteiger partial charge is 0.366 e. The molecule has 9 heteroatoms. The molecule has 8 nitrogen and oxygen atoms in total. The van der Waals surface area contributed by atoms with Gasteiger partial charge in [-0.25, -0.2) is 14.1 Å². The lowest BCUT2D eigenvalue weighted by Gasteiger charge is -2.42. The minimum atomic E-state index is -1.45. The van der Waals surface area contributed by atoms with Gasteiger partial charge in [-0.1, -0.05) is 5.21 Å². The second-order valence-corrected chi connectivity index (χ2v) is 6.97. The molecule has 2 aliphatic rings. The Morgan fingerprint density at radius 1 is 1.42 bits per heavy atom. The summed E-state index contributed by atoms with van der Waals surface area (Å²) in [6.07, 6.45) is 6.64. The third kappa shape index (κ3) is 2.87. The van der Waals surface area contributed by atoms with Crippen molar-refractivity contribution in [1.29, 1.82) is 5.26 Å². The average molecular weight is 355 g/mol. The third-order valence-corrected chi connectivity index (χ3v) is 5.07. The van der Waals surface area contributed by atoms with Crippen molar-refractivity contribution in [3.63, 3.8) is 0 Å². The molecule has 2 N–H and O–H groups in total. The van der Waals surface area contributed by atoms with Crippen LogP contribution in [-0.2, 0) is 10.3 Å². The summed E-state index contributed by atoms with van der Waals surface area (Å²) in [4.78, 5) is 16.6. The highest BCUT2D eigenvalue weighted by molar-refractivity contribution is 5.87. The number of nitriles is 1. The van der Waals surface area contributed by atoms with Crippen molar-refractivity contribution in [2.45, 2.75) is 42.9 Å². The first-order chi connectivity index (χ1) is 12.5. The number of anilines is 1. The van der Waals surface area contributed by atoms with E-state index in [2.05, 4.69) is 32.0 Å². The Kier molecular flexibility index (Phi) is 3.83. The normalized spacial score (nSPS) is 25.6. The maximum absolute atomic E-state index is 14.8. The van der Waals surface area contributed by atoms with Gasteiger partial charge in [-0.05, 0) is 25.0 Å². The lowest BCUT2D eigenvalue weighted by molar-refractivity contribution is -0.127. The lowest BCUT2D eigenvalue weighted by Crippen LogP contribution is -2.55. The van der Waals surface area contributed by atoms with Crippen LogP contribution in [0.5, 0.6) is 0 Å². The Bertz CT molecular complexity index is 850. The number of rotatable bonds is 6. The summed E-state index contributed by atoms with van der Waals surface area (Å²) < 4.78 is 16.3. The van der Waals surface area contributed by atoms with Crippen LogP contribution in [0.1, 0.15) is 31.2 Å². The van der Waals surface area contributed by atoms with Crippen LogP contribution >= 0.6 is 0 Å². The Morgan fingerprint density at radius 3 is 2.88 bits per heavy atom. The first kappa shape index (κ1) is 16.4. The average Bonchev–Trinajstić information content (AvgIpc) is 3.25. The molecule has 4 rings (SSSR count). The zero-order valence-corrected chi connectivity index (χ0v) is 14.0. The number of pyridine rings is 1. The van der Waals surface area contributed by atoms with Crippen molar-refractivity contribution < 1.29 is 9.18 Å². The van der Waals surface area contributed by atoms with E-state index in [0.717, 1.165) is 0 Å². The number of nitrogens with zero attached hydrogens (tertiary/aromatic N) is 5. The molecule has 2 saturated carbocycles. The fourth-order valence-electron chi connectivity index (χ4n) is 3.39. The van der Waals surface area contributed by atoms with Crippen LogP contribution in [0.2, 0.25) is 0 Å². The predicted octanol–water partition coefficient (Wildman–Crippen LogP) is 1.13. The second kappa shape index (κ2) is 6.05. The smallest absolute Gasteiger partial charge is 0.248 e. The molecule has 0 saturated heterocycles. The Morgan fingerprint density at radius 2 is 2.23 bits per heavy atom. The van der Waals surface area contributed by atoms with Gasteiger partial charge in [0.05, 0.1) is 18.3 Å². The van der Waals surface area contributed by atoms with Crippen molar-refractivity contribution in [1.82, 2.24) is 25.3 Å². The fraction of sp³-hybridized carbons (Fsp3) is 0.471. The molecule has 2 aliphatic carbocycles. The molecule has 0 spiro atoms. The fourth-order valence-corrected chi connectivity index (χ4v) is 3.39. The summed E-state index contributed by atoms with van der Waals surface area (Å²) in [6, 6.07) is 5.30. The van der Waals surface area contributed by atoms with Gasteiger partial charge in [0.15, 0.2) is 0 Å². The van der Waals surface area contributed by atoms with Gasteiger partial charge in [0.2, 0.25) is 5.91 Å². The Labute approximate surface area is 149 Å². The molecule has 2 heterocycles. The molecule has 0 radical (unpaired) electrons. The SMILES string of the molecule is N#Cc1cccnc1NC1CC(F)(CNC(=O)C2(n3ccnn3)CC2)C1. The molecule has 0 aromatic carbocycles. The number of amides is 1. The van der Waals surface area contributed by atoms with Gasteiger partial charge in [-0.15, -0.1) is 5.10 Å². The molecular weight excluding hydrogens is 337 g/mol. The van der Waals surface area contributed by atoms with Gasteiger partial charge in [0.1, 0.15) is 23.1 Å². The number of hydrogen-bond acceptors (Lipinski definition) is 6. The topological polar surface area (TPSA) is 109 Å². The van der Waals surface area contributed by atoms with Crippen LogP contribution in [0.3, 0.4) is 0 Å². The van der Waals surface area contributed by atoms with Crippen LogP contribution in [0.15, 0.2) is 30.7 Å². The van der Waals surface area contributed by atoms with Crippen molar-refractivity contribution in [3.8, 4) is 6.07 Å². The quantitative estimate of drug-likeness (QED) is 0.804. The number of hydrogen-bond donors (Lipinski definition) is 2. The van der Waals surface area contributed by atoms with Crippen LogP contribution < -0.4 is 10.6 Å². The first-order valence-corrected chi connectivity index (χ1v) is 8.50. The zero-order chi connectivity index (χ0) is 18.2. The van der Waals surface area contributed by atoms with E-state index in [9.17, 15) is 9.18 Å². The minimum absolute atomic E-state index is 0.0339. The van der Waals surface area contributed by atoms with Crippen LogP contribution in [0.4, 0.5) is 10.2 Å². The standard InChI is InChI=1S/C17H18FN7O/c18-16(8-13(9-16)23-14-12(10-19)2-1-5-20-14)11-21-15(26)17(3-4-17)25-7-6-22-24-25/h1-2,5-7,13H,3-4,8-9,11H2,(H,20,23)(H,21,26). The monoisotopic (exact) mass is 355 g/mol. The van der Waals surface area contributed by atoms with E-state index in [0.29, 0.717) is 24.2 Å². The summed E-state index contributed by atoms with van der Waals surface area (Å²) in [5, 5.41) is 22.5. The van der Waals surface area contributed by atoms with Crippen LogP contribution in [0.25, 0.3) is 0 Å². The highest BCUT2D eigenvalue weighted by Crippen LogP contribution is 2.43. The predicted molar refractivity (Wildman–Crippen MR) is 89.7 cm³/mol. The molecule has 0 unspecified atom stereocenters. The van der Waals surface area contributed by atoms with Gasteiger partial charge < -0.3 is 10.6 Å². The number of nitrogens with one attached hydrogen (secondary N) is 2. The molecule has 2 fully saturated rings. The third-order valence-electron chi connectivity index (χ3n) is 5.07. The molecule has 0 atom stereocenters. The number of halogens is 1. The first-order valence-electron chi connectivity index (χ1n) is 8.50. The molecule has 2 aromatic rings. The Balaban J connectivity index is 1.29. The van der Waals surface area contributed by atoms with Crippen LogP contribution in [-0.4, -0.2) is 44.1 Å². The number of aromatic nitrogens is 4. The highest BCUT2D eigenvalue weighted by Gasteiger charge is 2.54. The maximum atomic E-state index is 14.8. The van der Waals surface area contributed by atoms with Crippen LogP contribution in [0, 0.1) is 11.3 Å². The van der Waals surface area contributed by atoms with Crippen molar-refractivity contribution in [2.75, 3.05) is 11.9 Å². The van der Waals surface area contributed by atoms with E-state index in [4.69, 9.17) is 5.26 Å². The summed E-state index contributed by atoms with van der Waals surface area (Å²) >= 11 is 0. The van der Waals surface area contributed by atoms with E-state index in [1.165, 1.54) is 6.20 Å². The molecular formula is C17H18FN7O. The van der Waals surface area contributed by atoms with E-state index in [1.807, 2.05) is 0 Å². The maximum Gasteiger partial charge on any atom is 0.248 e. The molecule has 134 valence electrons. The van der Waals surface area contributed by atoms with E-state index >= 15 is 0 Å². The van der Waals surface area contributed by atoms with Gasteiger partial charge in [-0.2, -0.15) is 5.26 Å². The van der Waals surface area contributed by atoms with E-state index < -0.39 is 11.2 Å². The number of alkyl halides is 1. The van der Waals surface area contributed by atoms with Gasteiger partial charge >= 0.3 is 0 Å². The second-order valence-electron chi connectivity index (χ2n) is 6.97. The van der Waals surface area contributed by atoms with Gasteiger partial charge in [-0.3, -0.25) is 4.79 Å². The van der Waals surface area contributed by atoms with Crippen molar-refractivity contribution >= 4 is 11.7 Å². The summed E-state index contributed by atoms with van der Waals surface area (Å²) in [7, 11) is 0. The summed E-state index contributed by atoms with van der Waals surface area (Å²) in [5.74, 6) is 0.252. The van der Waals surface area contributed by atoms with Gasteiger partial charge in [0, 0.05) is 31.3 Å². The van der Waals surface area contributed by atoms with E-state index in [1.54, 1.807) is 29.2 Å². The lowest BCUT2D eigenvalue weighted by atomic mass is 9.77. The number of carbonyl (C=O) groups is 1. The summed E-state index contributed by atoms with van der Waals surface area (Å²) in [5.41, 5.74) is -1.72. The molecule has 1 amide bonds. The molecule has 0 aliphatic heterocycles. The molecule has 0 bridgehead atoms. The van der Waals surface area contributed by atoms with Crippen molar-refractivity contribution in [2.24, 2.45) is 0 Å². The molecule has 26 heavy (non-hydrogen) atoms. The van der Waals surface area contributed by atoms with E-state index in [-0.39, 0.29) is 31.3 Å². The highest BCUT2D eigenvalue weighted by atomic mass is 19.1. The summed E-state index contributed by atoms with van der Waals surface area (Å²) in [6.45, 7) is -0.0339. The van der Waals surface area contributed by atoms with Crippen molar-refractivity contribution in [3.05, 3.63) is 36.3 Å². The zero-order valence-electron chi connectivity index (χ0n) is 14.0. The molecule has 2 aromatic heterocycles. The minimum Gasteiger partial charge on any atom is -0.366 e. The number of carbonyl (C=O) groups excluding carboxylic acids is 1. The van der Waals surface area contributed by atoms with Gasteiger partial charge in [0.25, 0.3) is 0 Å².